The zero-order valence-corrected chi connectivity index (χ0v) is 24.2. The molecule has 0 aliphatic carbocycles. The van der Waals surface area contributed by atoms with Crippen LogP contribution in [0.1, 0.15) is 119 Å². The first kappa shape index (κ1) is 32.2. The van der Waals surface area contributed by atoms with Crippen LogP contribution >= 0.6 is 0 Å². The number of ether oxygens (including phenoxy) is 4. The minimum atomic E-state index is -1.62. The molecule has 8 heteroatoms. The van der Waals surface area contributed by atoms with Crippen LogP contribution in [0.5, 0.6) is 0 Å². The molecule has 8 nitrogen and oxygen atoms in total. The number of Topliss-reactive ketones (excluding diaryl/α,β-unsaturated/α-hetero) is 1. The molecule has 2 heterocycles. The second-order valence-corrected chi connectivity index (χ2v) is 11.6. The lowest BCUT2D eigenvalue weighted by atomic mass is 9.91. The molecule has 0 spiro atoms. The number of hydrogen-bond donors (Lipinski definition) is 2. The smallest absolute Gasteiger partial charge is 0.317 e. The van der Waals surface area contributed by atoms with Crippen LogP contribution in [0.2, 0.25) is 0 Å². The summed E-state index contributed by atoms with van der Waals surface area (Å²) in [5.74, 6) is -3.63. The lowest BCUT2D eigenvalue weighted by Gasteiger charge is -2.36. The molecule has 2 saturated heterocycles. The Morgan fingerprint density at radius 1 is 0.919 bits per heavy atom. The molecule has 0 aromatic heterocycles. The highest BCUT2D eigenvalue weighted by molar-refractivity contribution is 5.92. The molecule has 0 amide bonds. The standard InChI is InChI=1S/C29H53NO7/c1-7-9-10-11-12-13-14-15-16-17-18-34-29(26(33)22(19-21(3)4)30-20-24(31)32)27-25(23(8-2)35-29)36-28(5,6)37-27/h21-23,25,27,30H,7-20H2,1-6H3,(H,31,32)/t22-,23+,25-,27-,29-/m0/s1. The normalized spacial score (nSPS) is 27.5. The van der Waals surface area contributed by atoms with Gasteiger partial charge < -0.3 is 24.1 Å². The molecule has 2 aliphatic rings. The predicted octanol–water partition coefficient (Wildman–Crippen LogP) is 5.61. The van der Waals surface area contributed by atoms with E-state index in [0.29, 0.717) is 19.4 Å². The van der Waals surface area contributed by atoms with Crippen molar-refractivity contribution in [3.05, 3.63) is 0 Å². The van der Waals surface area contributed by atoms with Gasteiger partial charge in [0.25, 0.3) is 5.79 Å². The Morgan fingerprint density at radius 2 is 1.51 bits per heavy atom. The average molecular weight is 528 g/mol. The van der Waals surface area contributed by atoms with Crippen molar-refractivity contribution in [3.63, 3.8) is 0 Å². The highest BCUT2D eigenvalue weighted by Crippen LogP contribution is 2.47. The molecule has 5 atom stereocenters. The van der Waals surface area contributed by atoms with Gasteiger partial charge in [-0.2, -0.15) is 0 Å². The molecule has 2 N–H and O–H groups in total. The van der Waals surface area contributed by atoms with Gasteiger partial charge in [-0.1, -0.05) is 85.5 Å². The van der Waals surface area contributed by atoms with Crippen LogP contribution in [0, 0.1) is 5.92 Å². The summed E-state index contributed by atoms with van der Waals surface area (Å²) in [5, 5.41) is 12.2. The number of carbonyl (C=O) groups excluding carboxylic acids is 1. The molecule has 0 radical (unpaired) electrons. The molecule has 2 rings (SSSR count). The first-order valence-corrected chi connectivity index (χ1v) is 14.7. The van der Waals surface area contributed by atoms with E-state index in [9.17, 15) is 14.7 Å². The first-order chi connectivity index (χ1) is 17.6. The van der Waals surface area contributed by atoms with Crippen LogP contribution in [0.4, 0.5) is 0 Å². The topological polar surface area (TPSA) is 103 Å². The van der Waals surface area contributed by atoms with Gasteiger partial charge in [0.1, 0.15) is 6.10 Å². The van der Waals surface area contributed by atoms with E-state index >= 15 is 0 Å². The monoisotopic (exact) mass is 527 g/mol. The Balaban J connectivity index is 2.06. The van der Waals surface area contributed by atoms with Crippen molar-refractivity contribution in [3.8, 4) is 0 Å². The molecule has 0 aromatic rings. The second kappa shape index (κ2) is 15.5. The van der Waals surface area contributed by atoms with Gasteiger partial charge in [0.05, 0.1) is 25.3 Å². The van der Waals surface area contributed by atoms with Gasteiger partial charge in [0, 0.05) is 0 Å². The van der Waals surface area contributed by atoms with Crippen molar-refractivity contribution in [2.24, 2.45) is 5.92 Å². The number of nitrogens with one attached hydrogen (secondary N) is 1. The number of carboxylic acids is 1. The van der Waals surface area contributed by atoms with E-state index in [2.05, 4.69) is 12.2 Å². The summed E-state index contributed by atoms with van der Waals surface area (Å²) < 4.78 is 25.1. The number of carboxylic acid groups (broad SMARTS) is 1. The van der Waals surface area contributed by atoms with E-state index in [1.165, 1.54) is 44.9 Å². The van der Waals surface area contributed by atoms with Crippen molar-refractivity contribution >= 4 is 11.8 Å². The highest BCUT2D eigenvalue weighted by Gasteiger charge is 2.67. The van der Waals surface area contributed by atoms with Crippen molar-refractivity contribution in [2.75, 3.05) is 13.2 Å². The van der Waals surface area contributed by atoms with Gasteiger partial charge in [0.2, 0.25) is 5.78 Å². The maximum atomic E-state index is 14.1. The van der Waals surface area contributed by atoms with Gasteiger partial charge in [0.15, 0.2) is 11.9 Å². The lowest BCUT2D eigenvalue weighted by molar-refractivity contribution is -0.279. The van der Waals surface area contributed by atoms with E-state index < -0.39 is 35.8 Å². The Kier molecular flexibility index (Phi) is 13.5. The number of ketones is 1. The van der Waals surface area contributed by atoms with Crippen LogP contribution < -0.4 is 5.32 Å². The minimum absolute atomic E-state index is 0.172. The number of unbranched alkanes of at least 4 members (excludes halogenated alkanes) is 9. The Bertz CT molecular complexity index is 698. The maximum Gasteiger partial charge on any atom is 0.317 e. The van der Waals surface area contributed by atoms with Crippen LogP contribution in [0.15, 0.2) is 0 Å². The van der Waals surface area contributed by atoms with Crippen LogP contribution in [0.3, 0.4) is 0 Å². The summed E-state index contributed by atoms with van der Waals surface area (Å²) in [6.45, 7) is 12.0. The summed E-state index contributed by atoms with van der Waals surface area (Å²) >= 11 is 0. The fraction of sp³-hybridized carbons (Fsp3) is 0.931. The molecule has 216 valence electrons. The summed E-state index contributed by atoms with van der Waals surface area (Å²) in [6.07, 6.45) is 11.7. The van der Waals surface area contributed by atoms with E-state index in [1.807, 2.05) is 34.6 Å². The SMILES string of the molecule is CCCCCCCCCCCCO[C@@]1(C(=O)[C@H](CC(C)C)NCC(=O)O)O[C@H](CC)[C@@H]2OC(C)(C)O[C@@H]21. The zero-order valence-electron chi connectivity index (χ0n) is 24.2. The molecule has 0 unspecified atom stereocenters. The number of rotatable bonds is 20. The van der Waals surface area contributed by atoms with Crippen molar-refractivity contribution < 1.29 is 33.6 Å². The van der Waals surface area contributed by atoms with E-state index in [1.54, 1.807) is 0 Å². The first-order valence-electron chi connectivity index (χ1n) is 14.7. The number of aliphatic carboxylic acids is 1. The molecule has 2 aliphatic heterocycles. The van der Waals surface area contributed by atoms with Gasteiger partial charge in [-0.25, -0.2) is 0 Å². The second-order valence-electron chi connectivity index (χ2n) is 11.6. The average Bonchev–Trinajstić information content (AvgIpc) is 3.30. The van der Waals surface area contributed by atoms with Crippen LogP contribution in [-0.4, -0.2) is 65.9 Å². The van der Waals surface area contributed by atoms with Crippen LogP contribution in [0.25, 0.3) is 0 Å². The molecular formula is C29H53NO7. The Labute approximate surface area is 224 Å². The Hall–Kier alpha value is -1.06. The van der Waals surface area contributed by atoms with E-state index in [-0.39, 0.29) is 24.3 Å². The van der Waals surface area contributed by atoms with Gasteiger partial charge in [-0.3, -0.25) is 14.9 Å². The van der Waals surface area contributed by atoms with Gasteiger partial charge >= 0.3 is 5.97 Å². The van der Waals surface area contributed by atoms with Gasteiger partial charge in [-0.15, -0.1) is 0 Å². The molecule has 37 heavy (non-hydrogen) atoms. The number of fused-ring (bicyclic) bond motifs is 1. The molecule has 2 fully saturated rings. The molecule has 0 bridgehead atoms. The Morgan fingerprint density at radius 3 is 2.05 bits per heavy atom. The van der Waals surface area contributed by atoms with E-state index in [4.69, 9.17) is 18.9 Å². The molecule has 0 aromatic carbocycles. The zero-order chi connectivity index (χ0) is 27.5. The quantitative estimate of drug-likeness (QED) is 0.197. The molecule has 0 saturated carbocycles. The number of hydrogen-bond acceptors (Lipinski definition) is 7. The summed E-state index contributed by atoms with van der Waals surface area (Å²) in [4.78, 5) is 25.4. The largest absolute Gasteiger partial charge is 0.480 e. The summed E-state index contributed by atoms with van der Waals surface area (Å²) in [5.41, 5.74) is 0. The maximum absolute atomic E-state index is 14.1. The molecular weight excluding hydrogens is 474 g/mol. The van der Waals surface area contributed by atoms with Crippen molar-refractivity contribution in [2.45, 2.75) is 155 Å². The lowest BCUT2D eigenvalue weighted by Crippen LogP contribution is -2.59. The predicted molar refractivity (Wildman–Crippen MR) is 143 cm³/mol. The summed E-state index contributed by atoms with van der Waals surface area (Å²) in [6, 6.07) is -0.729. The third-order valence-electron chi connectivity index (χ3n) is 7.28. The third-order valence-corrected chi connectivity index (χ3v) is 7.28. The fourth-order valence-electron chi connectivity index (χ4n) is 5.44. The third kappa shape index (κ3) is 9.57. The minimum Gasteiger partial charge on any atom is -0.480 e. The van der Waals surface area contributed by atoms with Gasteiger partial charge in [-0.05, 0) is 39.0 Å². The van der Waals surface area contributed by atoms with Crippen molar-refractivity contribution in [1.29, 1.82) is 0 Å². The van der Waals surface area contributed by atoms with E-state index in [0.717, 1.165) is 19.3 Å². The summed E-state index contributed by atoms with van der Waals surface area (Å²) in [7, 11) is 0. The van der Waals surface area contributed by atoms with Crippen molar-refractivity contribution in [1.82, 2.24) is 5.32 Å². The fourth-order valence-corrected chi connectivity index (χ4v) is 5.44. The van der Waals surface area contributed by atoms with Crippen LogP contribution in [-0.2, 0) is 28.5 Å². The highest BCUT2D eigenvalue weighted by atomic mass is 16.8. The number of carbonyl (C=O) groups is 2.